The van der Waals surface area contributed by atoms with Crippen LogP contribution in [0.2, 0.25) is 0 Å². The molecule has 110 valence electrons. The fourth-order valence-corrected chi connectivity index (χ4v) is 2.20. The third-order valence-corrected chi connectivity index (χ3v) is 3.78. The minimum atomic E-state index is -0.712. The van der Waals surface area contributed by atoms with Crippen LogP contribution in [0.5, 0.6) is 0 Å². The summed E-state index contributed by atoms with van der Waals surface area (Å²) in [7, 11) is 0. The van der Waals surface area contributed by atoms with Gasteiger partial charge in [0, 0.05) is 0 Å². The lowest BCUT2D eigenvalue weighted by Gasteiger charge is -2.26. The summed E-state index contributed by atoms with van der Waals surface area (Å²) in [5.41, 5.74) is 1.14. The molecule has 0 aliphatic carbocycles. The first-order chi connectivity index (χ1) is 9.91. The van der Waals surface area contributed by atoms with E-state index in [-0.39, 0.29) is 17.8 Å². The van der Waals surface area contributed by atoms with Gasteiger partial charge in [-0.1, -0.05) is 42.5 Å². The van der Waals surface area contributed by atoms with E-state index in [0.717, 1.165) is 11.1 Å². The standard InChI is InChI=1S/C18H20FNO/c1-13(14-7-5-4-6-8-14)20-17(21)18(2,3)15-9-11-16(19)12-10-15/h4-13H,1-3H3,(H,20,21). The van der Waals surface area contributed by atoms with Crippen molar-refractivity contribution in [3.63, 3.8) is 0 Å². The molecule has 0 heterocycles. The number of rotatable bonds is 4. The average Bonchev–Trinajstić information content (AvgIpc) is 2.48. The van der Waals surface area contributed by atoms with Gasteiger partial charge in [-0.3, -0.25) is 4.79 Å². The molecule has 1 amide bonds. The van der Waals surface area contributed by atoms with E-state index in [0.29, 0.717) is 0 Å². The Labute approximate surface area is 125 Å². The van der Waals surface area contributed by atoms with Crippen molar-refractivity contribution in [3.05, 3.63) is 71.5 Å². The van der Waals surface area contributed by atoms with Gasteiger partial charge in [0.1, 0.15) is 5.82 Å². The molecule has 0 aromatic heterocycles. The van der Waals surface area contributed by atoms with Crippen molar-refractivity contribution < 1.29 is 9.18 Å². The molecule has 2 nitrogen and oxygen atoms in total. The van der Waals surface area contributed by atoms with E-state index < -0.39 is 5.41 Å². The van der Waals surface area contributed by atoms with E-state index in [1.165, 1.54) is 12.1 Å². The second kappa shape index (κ2) is 6.08. The molecule has 0 saturated carbocycles. The zero-order chi connectivity index (χ0) is 15.5. The lowest BCUT2D eigenvalue weighted by atomic mass is 9.83. The molecule has 0 aliphatic rings. The van der Waals surface area contributed by atoms with Crippen molar-refractivity contribution in [3.8, 4) is 0 Å². The lowest BCUT2D eigenvalue weighted by molar-refractivity contribution is -0.126. The van der Waals surface area contributed by atoms with Gasteiger partial charge in [0.2, 0.25) is 5.91 Å². The summed E-state index contributed by atoms with van der Waals surface area (Å²) >= 11 is 0. The van der Waals surface area contributed by atoms with Gasteiger partial charge >= 0.3 is 0 Å². The first-order valence-corrected chi connectivity index (χ1v) is 7.03. The van der Waals surface area contributed by atoms with Crippen LogP contribution in [0.15, 0.2) is 54.6 Å². The number of halogens is 1. The number of carbonyl (C=O) groups excluding carboxylic acids is 1. The summed E-state index contributed by atoms with van der Waals surface area (Å²) in [5.74, 6) is -0.377. The molecule has 0 fully saturated rings. The number of nitrogens with one attached hydrogen (secondary N) is 1. The molecule has 1 unspecified atom stereocenters. The topological polar surface area (TPSA) is 29.1 Å². The highest BCUT2D eigenvalue weighted by atomic mass is 19.1. The van der Waals surface area contributed by atoms with Crippen LogP contribution in [-0.4, -0.2) is 5.91 Å². The molecule has 0 radical (unpaired) electrons. The second-order valence-electron chi connectivity index (χ2n) is 5.74. The van der Waals surface area contributed by atoms with Crippen LogP contribution in [0, 0.1) is 5.82 Å². The maximum Gasteiger partial charge on any atom is 0.230 e. The predicted molar refractivity (Wildman–Crippen MR) is 82.4 cm³/mol. The third-order valence-electron chi connectivity index (χ3n) is 3.78. The second-order valence-corrected chi connectivity index (χ2v) is 5.74. The molecule has 3 heteroatoms. The van der Waals surface area contributed by atoms with Crippen LogP contribution < -0.4 is 5.32 Å². The molecule has 0 spiro atoms. The van der Waals surface area contributed by atoms with Gasteiger partial charge in [-0.25, -0.2) is 4.39 Å². The Hall–Kier alpha value is -2.16. The normalized spacial score (nSPS) is 12.8. The molecule has 1 atom stereocenters. The highest BCUT2D eigenvalue weighted by Gasteiger charge is 2.30. The SMILES string of the molecule is CC(NC(=O)C(C)(C)c1ccc(F)cc1)c1ccccc1. The predicted octanol–water partition coefficient (Wildman–Crippen LogP) is 3.98. The Balaban J connectivity index is 2.13. The van der Waals surface area contributed by atoms with Gasteiger partial charge in [-0.15, -0.1) is 0 Å². The molecule has 2 aromatic rings. The van der Waals surface area contributed by atoms with Crippen LogP contribution >= 0.6 is 0 Å². The van der Waals surface area contributed by atoms with E-state index in [4.69, 9.17) is 0 Å². The largest absolute Gasteiger partial charge is 0.349 e. The van der Waals surface area contributed by atoms with Gasteiger partial charge in [-0.05, 0) is 44.0 Å². The highest BCUT2D eigenvalue weighted by Crippen LogP contribution is 2.25. The molecule has 2 aromatic carbocycles. The third kappa shape index (κ3) is 3.48. The van der Waals surface area contributed by atoms with Gasteiger partial charge in [0.15, 0.2) is 0 Å². The van der Waals surface area contributed by atoms with E-state index in [1.54, 1.807) is 12.1 Å². The Morgan fingerprint density at radius 1 is 1.05 bits per heavy atom. The molecule has 0 bridgehead atoms. The van der Waals surface area contributed by atoms with Crippen LogP contribution in [0.25, 0.3) is 0 Å². The smallest absolute Gasteiger partial charge is 0.230 e. The first-order valence-electron chi connectivity index (χ1n) is 7.03. The number of carbonyl (C=O) groups is 1. The number of benzene rings is 2. The Morgan fingerprint density at radius 2 is 1.62 bits per heavy atom. The van der Waals surface area contributed by atoms with E-state index in [9.17, 15) is 9.18 Å². The Morgan fingerprint density at radius 3 is 2.19 bits per heavy atom. The molecule has 2 rings (SSSR count). The summed E-state index contributed by atoms with van der Waals surface area (Å²) in [6.45, 7) is 5.63. The first kappa shape index (κ1) is 15.2. The van der Waals surface area contributed by atoms with E-state index in [2.05, 4.69) is 5.32 Å². The summed E-state index contributed by atoms with van der Waals surface area (Å²) < 4.78 is 13.0. The van der Waals surface area contributed by atoms with Crippen molar-refractivity contribution in [1.82, 2.24) is 5.32 Å². The van der Waals surface area contributed by atoms with Gasteiger partial charge in [0.05, 0.1) is 11.5 Å². The molecular formula is C18H20FNO. The average molecular weight is 285 g/mol. The molecule has 1 N–H and O–H groups in total. The summed E-state index contributed by atoms with van der Waals surface area (Å²) in [6, 6.07) is 15.8. The van der Waals surface area contributed by atoms with Gasteiger partial charge < -0.3 is 5.32 Å². The molecule has 21 heavy (non-hydrogen) atoms. The van der Waals surface area contributed by atoms with Gasteiger partial charge in [0.25, 0.3) is 0 Å². The van der Waals surface area contributed by atoms with Gasteiger partial charge in [-0.2, -0.15) is 0 Å². The van der Waals surface area contributed by atoms with Crippen LogP contribution in [-0.2, 0) is 10.2 Å². The van der Waals surface area contributed by atoms with Crippen molar-refractivity contribution in [2.24, 2.45) is 0 Å². The minimum absolute atomic E-state index is 0.0709. The van der Waals surface area contributed by atoms with Crippen molar-refractivity contribution in [1.29, 1.82) is 0 Å². The minimum Gasteiger partial charge on any atom is -0.349 e. The fraction of sp³-hybridized carbons (Fsp3) is 0.278. The number of hydrogen-bond acceptors (Lipinski definition) is 1. The Bertz CT molecular complexity index is 605. The maximum absolute atomic E-state index is 13.0. The zero-order valence-electron chi connectivity index (χ0n) is 12.6. The van der Waals surface area contributed by atoms with Crippen LogP contribution in [0.3, 0.4) is 0 Å². The van der Waals surface area contributed by atoms with Crippen LogP contribution in [0.1, 0.15) is 37.9 Å². The van der Waals surface area contributed by atoms with Crippen LogP contribution in [0.4, 0.5) is 4.39 Å². The fourth-order valence-electron chi connectivity index (χ4n) is 2.20. The molecule has 0 aliphatic heterocycles. The Kier molecular flexibility index (Phi) is 4.41. The quantitative estimate of drug-likeness (QED) is 0.904. The van der Waals surface area contributed by atoms with E-state index >= 15 is 0 Å². The van der Waals surface area contributed by atoms with E-state index in [1.807, 2.05) is 51.1 Å². The number of hydrogen-bond donors (Lipinski definition) is 1. The maximum atomic E-state index is 13.0. The number of amides is 1. The molecular weight excluding hydrogens is 265 g/mol. The van der Waals surface area contributed by atoms with Crippen molar-refractivity contribution in [2.45, 2.75) is 32.2 Å². The summed E-state index contributed by atoms with van der Waals surface area (Å²) in [5, 5.41) is 3.02. The molecule has 0 saturated heterocycles. The van der Waals surface area contributed by atoms with Crippen molar-refractivity contribution >= 4 is 5.91 Å². The summed E-state index contributed by atoms with van der Waals surface area (Å²) in [4.78, 5) is 12.5. The lowest BCUT2D eigenvalue weighted by Crippen LogP contribution is -2.41. The zero-order valence-corrected chi connectivity index (χ0v) is 12.6. The highest BCUT2D eigenvalue weighted by molar-refractivity contribution is 5.87. The van der Waals surface area contributed by atoms with Crippen molar-refractivity contribution in [2.75, 3.05) is 0 Å². The summed E-state index contributed by atoms with van der Waals surface area (Å²) in [6.07, 6.45) is 0. The monoisotopic (exact) mass is 285 g/mol.